The van der Waals surface area contributed by atoms with Crippen molar-refractivity contribution in [2.45, 2.75) is 12.5 Å². The molecule has 1 N–H and O–H groups in total. The highest BCUT2D eigenvalue weighted by atomic mass is 35.5. The molecule has 28 heavy (non-hydrogen) atoms. The number of nitrogens with one attached hydrogen (secondary N) is 1. The molecule has 1 aliphatic rings. The maximum atomic E-state index is 13.4. The van der Waals surface area contributed by atoms with E-state index in [0.717, 1.165) is 0 Å². The van der Waals surface area contributed by atoms with Crippen LogP contribution < -0.4 is 10.1 Å². The first-order valence-electron chi connectivity index (χ1n) is 8.41. The summed E-state index contributed by atoms with van der Waals surface area (Å²) in [6.07, 6.45) is 1.75. The van der Waals surface area contributed by atoms with Gasteiger partial charge in [-0.3, -0.25) is 10.1 Å². The second kappa shape index (κ2) is 7.53. The lowest BCUT2D eigenvalue weighted by molar-refractivity contribution is -0.385. The Kier molecular flexibility index (Phi) is 4.93. The van der Waals surface area contributed by atoms with Crippen molar-refractivity contribution in [3.63, 3.8) is 0 Å². The molecule has 1 aromatic heterocycles. The molecule has 0 spiro atoms. The molecule has 1 atom stereocenters. The van der Waals surface area contributed by atoms with Crippen molar-refractivity contribution >= 4 is 39.7 Å². The molecule has 2 heterocycles. The van der Waals surface area contributed by atoms with Gasteiger partial charge in [0.2, 0.25) is 0 Å². The number of hydrogen-bond donors (Lipinski definition) is 1. The number of aromatic nitrogens is 2. The van der Waals surface area contributed by atoms with Gasteiger partial charge >= 0.3 is 5.69 Å². The van der Waals surface area contributed by atoms with Crippen LogP contribution in [0.15, 0.2) is 36.7 Å². The molecule has 4 rings (SSSR count). The third kappa shape index (κ3) is 3.67. The Hall–Kier alpha value is -3.04. The average Bonchev–Trinajstić information content (AvgIpc) is 3.17. The van der Waals surface area contributed by atoms with Crippen LogP contribution in [-0.4, -0.2) is 34.2 Å². The Labute approximate surface area is 163 Å². The third-order valence-corrected chi connectivity index (χ3v) is 4.57. The highest BCUT2D eigenvalue weighted by molar-refractivity contribution is 6.31. The molecular formula is C18H14ClFN4O4. The van der Waals surface area contributed by atoms with Crippen molar-refractivity contribution in [1.29, 1.82) is 0 Å². The molecule has 1 saturated heterocycles. The molecule has 0 radical (unpaired) electrons. The lowest BCUT2D eigenvalue weighted by Crippen LogP contribution is -2.16. The van der Waals surface area contributed by atoms with Gasteiger partial charge in [0.05, 0.1) is 34.1 Å². The van der Waals surface area contributed by atoms with E-state index in [1.807, 2.05) is 0 Å². The third-order valence-electron chi connectivity index (χ3n) is 4.28. The van der Waals surface area contributed by atoms with Crippen LogP contribution in [0.4, 0.5) is 21.6 Å². The summed E-state index contributed by atoms with van der Waals surface area (Å²) in [4.78, 5) is 19.4. The van der Waals surface area contributed by atoms with Crippen LogP contribution in [0.5, 0.6) is 5.75 Å². The fourth-order valence-corrected chi connectivity index (χ4v) is 3.09. The lowest BCUT2D eigenvalue weighted by atomic mass is 10.2. The van der Waals surface area contributed by atoms with Crippen LogP contribution in [0.25, 0.3) is 10.9 Å². The average molecular weight is 405 g/mol. The minimum atomic E-state index is -0.548. The summed E-state index contributed by atoms with van der Waals surface area (Å²) < 4.78 is 24.4. The molecule has 0 saturated carbocycles. The number of ether oxygens (including phenoxy) is 2. The van der Waals surface area contributed by atoms with E-state index >= 15 is 0 Å². The molecule has 1 fully saturated rings. The van der Waals surface area contributed by atoms with Crippen molar-refractivity contribution in [3.05, 3.63) is 57.6 Å². The molecule has 0 bridgehead atoms. The summed E-state index contributed by atoms with van der Waals surface area (Å²) in [5, 5.41) is 14.9. The van der Waals surface area contributed by atoms with Crippen LogP contribution in [0, 0.1) is 15.9 Å². The first kappa shape index (κ1) is 18.3. The second-order valence-electron chi connectivity index (χ2n) is 6.17. The van der Waals surface area contributed by atoms with E-state index in [2.05, 4.69) is 15.3 Å². The van der Waals surface area contributed by atoms with Crippen LogP contribution in [0.3, 0.4) is 0 Å². The molecule has 10 heteroatoms. The molecule has 144 valence electrons. The quantitative estimate of drug-likeness (QED) is 0.501. The lowest BCUT2D eigenvalue weighted by Gasteiger charge is -2.14. The molecule has 0 aliphatic carbocycles. The summed E-state index contributed by atoms with van der Waals surface area (Å²) in [6, 6.07) is 6.97. The van der Waals surface area contributed by atoms with Gasteiger partial charge in [-0.05, 0) is 18.2 Å². The van der Waals surface area contributed by atoms with Gasteiger partial charge in [-0.2, -0.15) is 0 Å². The standard InChI is InChI=1S/C18H14ClFN4O4/c19-13-5-10(1-2-14(13)20)23-18-12-6-16(24(25)26)17(7-15(12)21-9-22-18)28-11-3-4-27-8-11/h1-2,5-7,9,11H,3-4,8H2,(H,21,22,23)/t11-/m0/s1. The molecule has 3 aromatic rings. The van der Waals surface area contributed by atoms with Crippen LogP contribution in [-0.2, 0) is 4.74 Å². The Balaban J connectivity index is 1.74. The van der Waals surface area contributed by atoms with Crippen molar-refractivity contribution in [3.8, 4) is 5.75 Å². The molecular weight excluding hydrogens is 391 g/mol. The van der Waals surface area contributed by atoms with Gasteiger partial charge in [0.25, 0.3) is 0 Å². The Morgan fingerprint density at radius 1 is 1.32 bits per heavy atom. The zero-order valence-electron chi connectivity index (χ0n) is 14.4. The van der Waals surface area contributed by atoms with Crippen molar-refractivity contribution in [1.82, 2.24) is 9.97 Å². The summed E-state index contributed by atoms with van der Waals surface area (Å²) in [5.41, 5.74) is 0.747. The van der Waals surface area contributed by atoms with Crippen LogP contribution >= 0.6 is 11.6 Å². The number of fused-ring (bicyclic) bond motifs is 1. The number of nitrogens with zero attached hydrogens (tertiary/aromatic N) is 3. The zero-order chi connectivity index (χ0) is 19.7. The normalized spacial score (nSPS) is 16.3. The highest BCUT2D eigenvalue weighted by Crippen LogP contribution is 2.36. The maximum absolute atomic E-state index is 13.4. The van der Waals surface area contributed by atoms with E-state index in [0.29, 0.717) is 42.0 Å². The van der Waals surface area contributed by atoms with E-state index < -0.39 is 10.7 Å². The van der Waals surface area contributed by atoms with Crippen LogP contribution in [0.2, 0.25) is 5.02 Å². The number of hydrogen-bond acceptors (Lipinski definition) is 7. The monoisotopic (exact) mass is 404 g/mol. The molecule has 8 nitrogen and oxygen atoms in total. The zero-order valence-corrected chi connectivity index (χ0v) is 15.1. The summed E-state index contributed by atoms with van der Waals surface area (Å²) >= 11 is 5.80. The number of benzene rings is 2. The first-order chi connectivity index (χ1) is 13.5. The predicted molar refractivity (Wildman–Crippen MR) is 101 cm³/mol. The van der Waals surface area contributed by atoms with Gasteiger partial charge < -0.3 is 14.8 Å². The summed E-state index contributed by atoms with van der Waals surface area (Å²) in [7, 11) is 0. The van der Waals surface area contributed by atoms with Gasteiger partial charge in [-0.25, -0.2) is 14.4 Å². The topological polar surface area (TPSA) is 99.4 Å². The Bertz CT molecular complexity index is 1060. The fraction of sp³-hybridized carbons (Fsp3) is 0.222. The highest BCUT2D eigenvalue weighted by Gasteiger charge is 2.24. The van der Waals surface area contributed by atoms with E-state index in [1.54, 1.807) is 0 Å². The van der Waals surface area contributed by atoms with Gasteiger partial charge in [-0.1, -0.05) is 11.6 Å². The predicted octanol–water partition coefficient (Wildman–Crippen LogP) is 4.24. The largest absolute Gasteiger partial charge is 0.481 e. The van der Waals surface area contributed by atoms with Gasteiger partial charge in [0.15, 0.2) is 5.75 Å². The van der Waals surface area contributed by atoms with Crippen molar-refractivity contribution in [2.24, 2.45) is 0 Å². The van der Waals surface area contributed by atoms with E-state index in [-0.39, 0.29) is 22.6 Å². The summed E-state index contributed by atoms with van der Waals surface area (Å²) in [6.45, 7) is 0.944. The van der Waals surface area contributed by atoms with Crippen molar-refractivity contribution < 1.29 is 18.8 Å². The van der Waals surface area contributed by atoms with E-state index in [4.69, 9.17) is 21.1 Å². The number of anilines is 2. The molecule has 0 unspecified atom stereocenters. The Morgan fingerprint density at radius 2 is 2.18 bits per heavy atom. The molecule has 0 amide bonds. The number of halogens is 2. The Morgan fingerprint density at radius 3 is 2.89 bits per heavy atom. The number of rotatable bonds is 5. The van der Waals surface area contributed by atoms with E-state index in [9.17, 15) is 14.5 Å². The SMILES string of the molecule is O=[N+]([O-])c1cc2c(Nc3ccc(F)c(Cl)c3)ncnc2cc1O[C@H]1CCOC1. The van der Waals surface area contributed by atoms with Gasteiger partial charge in [0, 0.05) is 24.2 Å². The van der Waals surface area contributed by atoms with Gasteiger partial charge in [-0.15, -0.1) is 0 Å². The number of nitro groups is 1. The van der Waals surface area contributed by atoms with Gasteiger partial charge in [0.1, 0.15) is 24.1 Å². The number of nitro benzene ring substituents is 1. The maximum Gasteiger partial charge on any atom is 0.311 e. The smallest absolute Gasteiger partial charge is 0.311 e. The second-order valence-corrected chi connectivity index (χ2v) is 6.58. The fourth-order valence-electron chi connectivity index (χ4n) is 2.91. The van der Waals surface area contributed by atoms with Crippen molar-refractivity contribution in [2.75, 3.05) is 18.5 Å². The molecule has 2 aromatic carbocycles. The van der Waals surface area contributed by atoms with E-state index in [1.165, 1.54) is 36.7 Å². The minimum Gasteiger partial charge on any atom is -0.481 e. The first-order valence-corrected chi connectivity index (χ1v) is 8.78. The summed E-state index contributed by atoms with van der Waals surface area (Å²) in [5.74, 6) is -0.0953. The molecule has 1 aliphatic heterocycles. The van der Waals surface area contributed by atoms with Crippen LogP contribution in [0.1, 0.15) is 6.42 Å². The minimum absolute atomic E-state index is 0.0520.